The maximum absolute atomic E-state index is 13.6. The molecule has 0 radical (unpaired) electrons. The average Bonchev–Trinajstić information content (AvgIpc) is 3.06. The van der Waals surface area contributed by atoms with Gasteiger partial charge in [0.2, 0.25) is 0 Å². The summed E-state index contributed by atoms with van der Waals surface area (Å²) in [6.45, 7) is 5.15. The second-order valence-electron chi connectivity index (χ2n) is 9.49. The van der Waals surface area contributed by atoms with Crippen LogP contribution in [0.2, 0.25) is 0 Å². The maximum Gasteiger partial charge on any atom is 0.327 e. The molecule has 0 atom stereocenters. The van der Waals surface area contributed by atoms with Crippen molar-refractivity contribution in [1.29, 1.82) is 0 Å². The van der Waals surface area contributed by atoms with Crippen LogP contribution in [0.3, 0.4) is 0 Å². The van der Waals surface area contributed by atoms with E-state index >= 15 is 0 Å². The predicted octanol–water partition coefficient (Wildman–Crippen LogP) is 4.09. The molecule has 7 heteroatoms. The Morgan fingerprint density at radius 2 is 1.77 bits per heavy atom. The summed E-state index contributed by atoms with van der Waals surface area (Å²) in [5.74, 6) is 0.655. The highest BCUT2D eigenvalue weighted by molar-refractivity contribution is 6.07. The fourth-order valence-electron chi connectivity index (χ4n) is 5.12. The Hall–Kier alpha value is -3.32. The number of anilines is 1. The third-order valence-corrected chi connectivity index (χ3v) is 7.18. The maximum atomic E-state index is 13.6. The van der Waals surface area contributed by atoms with Crippen LogP contribution in [0.25, 0.3) is 6.08 Å². The number of hydrogen-bond acceptors (Lipinski definition) is 5. The van der Waals surface area contributed by atoms with Crippen molar-refractivity contribution in [3.05, 3.63) is 65.7 Å². The highest BCUT2D eigenvalue weighted by Gasteiger charge is 2.57. The summed E-state index contributed by atoms with van der Waals surface area (Å²) in [6, 6.07) is 15.8. The number of carbonyl (C=O) groups excluding carboxylic acids is 2. The minimum absolute atomic E-state index is 0.0663. The molecule has 0 aliphatic carbocycles. The van der Waals surface area contributed by atoms with Gasteiger partial charge in [-0.25, -0.2) is 4.79 Å². The standard InChI is InChI=1S/C28H36N4O3/c1-5-32-27(34)31(21-23-8-6-10-25(20-23)35-4)26(33)28(32)15-18-30(19-16-28)17-7-9-22-11-13-24(14-12-22)29(2)3/h6-14,20H,5,15-19,21H2,1-4H3/b9-7+. The van der Waals surface area contributed by atoms with Crippen molar-refractivity contribution in [1.82, 2.24) is 14.7 Å². The Bertz CT molecular complexity index is 1070. The molecular weight excluding hydrogens is 440 g/mol. The molecule has 35 heavy (non-hydrogen) atoms. The van der Waals surface area contributed by atoms with Crippen LogP contribution in [-0.4, -0.2) is 79.6 Å². The van der Waals surface area contributed by atoms with Gasteiger partial charge in [0.15, 0.2) is 0 Å². The topological polar surface area (TPSA) is 56.3 Å². The number of hydrogen-bond donors (Lipinski definition) is 0. The molecule has 2 fully saturated rings. The summed E-state index contributed by atoms with van der Waals surface area (Å²) in [6.07, 6.45) is 5.63. The van der Waals surface area contributed by atoms with Gasteiger partial charge in [0.05, 0.1) is 13.7 Å². The number of carbonyl (C=O) groups is 2. The summed E-state index contributed by atoms with van der Waals surface area (Å²) >= 11 is 0. The van der Waals surface area contributed by atoms with Crippen molar-refractivity contribution in [3.63, 3.8) is 0 Å². The van der Waals surface area contributed by atoms with Crippen molar-refractivity contribution in [2.24, 2.45) is 0 Å². The third-order valence-electron chi connectivity index (χ3n) is 7.18. The SMILES string of the molecule is CCN1C(=O)N(Cc2cccc(OC)c2)C(=O)C12CCN(C/C=C/c1ccc(N(C)C)cc1)CC2. The molecule has 2 aliphatic heterocycles. The second kappa shape index (κ2) is 10.5. The smallest absolute Gasteiger partial charge is 0.327 e. The van der Waals surface area contributed by atoms with Crippen LogP contribution < -0.4 is 9.64 Å². The molecule has 0 saturated carbocycles. The quantitative estimate of drug-likeness (QED) is 0.537. The van der Waals surface area contributed by atoms with E-state index in [0.717, 1.165) is 30.9 Å². The van der Waals surface area contributed by atoms with Crippen LogP contribution in [0.4, 0.5) is 10.5 Å². The molecule has 2 aromatic carbocycles. The van der Waals surface area contributed by atoms with Crippen LogP contribution in [0.5, 0.6) is 5.75 Å². The molecule has 3 amide bonds. The first-order valence-electron chi connectivity index (χ1n) is 12.3. The van der Waals surface area contributed by atoms with Gasteiger partial charge in [-0.1, -0.05) is 36.4 Å². The van der Waals surface area contributed by atoms with Crippen molar-refractivity contribution in [3.8, 4) is 5.75 Å². The number of imide groups is 1. The highest BCUT2D eigenvalue weighted by atomic mass is 16.5. The number of nitrogens with zero attached hydrogens (tertiary/aromatic N) is 4. The van der Waals surface area contributed by atoms with Crippen LogP contribution in [-0.2, 0) is 11.3 Å². The Morgan fingerprint density at radius 1 is 1.06 bits per heavy atom. The van der Waals surface area contributed by atoms with Crippen molar-refractivity contribution in [2.75, 3.05) is 52.3 Å². The van der Waals surface area contributed by atoms with Gasteiger partial charge in [-0.15, -0.1) is 0 Å². The van der Waals surface area contributed by atoms with Crippen molar-refractivity contribution < 1.29 is 14.3 Å². The predicted molar refractivity (Wildman–Crippen MR) is 140 cm³/mol. The van der Waals surface area contributed by atoms with Crippen molar-refractivity contribution >= 4 is 23.7 Å². The van der Waals surface area contributed by atoms with Gasteiger partial charge in [0.25, 0.3) is 5.91 Å². The summed E-state index contributed by atoms with van der Waals surface area (Å²) in [4.78, 5) is 34.5. The Balaban J connectivity index is 1.38. The van der Waals surface area contributed by atoms with Crippen LogP contribution >= 0.6 is 0 Å². The average molecular weight is 477 g/mol. The lowest BCUT2D eigenvalue weighted by atomic mass is 9.85. The zero-order valence-electron chi connectivity index (χ0n) is 21.2. The molecule has 2 saturated heterocycles. The Labute approximate surface area is 208 Å². The summed E-state index contributed by atoms with van der Waals surface area (Å²) in [5, 5.41) is 0. The highest BCUT2D eigenvalue weighted by Crippen LogP contribution is 2.38. The van der Waals surface area contributed by atoms with Gasteiger partial charge >= 0.3 is 6.03 Å². The van der Waals surface area contributed by atoms with E-state index in [-0.39, 0.29) is 18.5 Å². The summed E-state index contributed by atoms with van der Waals surface area (Å²) in [5.41, 5.74) is 2.51. The Kier molecular flexibility index (Phi) is 7.45. The van der Waals surface area contributed by atoms with Gasteiger partial charge in [-0.2, -0.15) is 0 Å². The van der Waals surface area contributed by atoms with Gasteiger partial charge < -0.3 is 14.5 Å². The lowest BCUT2D eigenvalue weighted by molar-refractivity contribution is -0.135. The lowest BCUT2D eigenvalue weighted by Crippen LogP contribution is -2.56. The number of urea groups is 1. The number of benzene rings is 2. The van der Waals surface area contributed by atoms with Gasteiger partial charge in [-0.05, 0) is 55.2 Å². The normalized spacial score (nSPS) is 18.2. The molecule has 0 unspecified atom stereocenters. The number of likely N-dealkylation sites (tertiary alicyclic amines) is 1. The first-order valence-corrected chi connectivity index (χ1v) is 12.3. The molecule has 0 N–H and O–H groups in total. The molecule has 4 rings (SSSR count). The van der Waals surface area contributed by atoms with E-state index in [0.29, 0.717) is 19.4 Å². The summed E-state index contributed by atoms with van der Waals surface area (Å²) < 4.78 is 5.30. The zero-order chi connectivity index (χ0) is 25.0. The molecule has 0 bridgehead atoms. The number of piperidine rings is 1. The number of ether oxygens (including phenoxy) is 1. The minimum Gasteiger partial charge on any atom is -0.497 e. The van der Waals surface area contributed by atoms with E-state index in [1.54, 1.807) is 12.0 Å². The summed E-state index contributed by atoms with van der Waals surface area (Å²) in [7, 11) is 5.69. The fourth-order valence-corrected chi connectivity index (χ4v) is 5.12. The molecule has 2 heterocycles. The Morgan fingerprint density at radius 3 is 2.40 bits per heavy atom. The minimum atomic E-state index is -0.729. The molecule has 7 nitrogen and oxygen atoms in total. The molecular formula is C28H36N4O3. The van der Waals surface area contributed by atoms with E-state index in [1.165, 1.54) is 16.2 Å². The molecule has 0 aromatic heterocycles. The lowest BCUT2D eigenvalue weighted by Gasteiger charge is -2.41. The van der Waals surface area contributed by atoms with Crippen molar-refractivity contribution in [2.45, 2.75) is 31.8 Å². The number of rotatable bonds is 8. The first kappa shape index (κ1) is 24.8. The van der Waals surface area contributed by atoms with E-state index in [1.807, 2.05) is 45.3 Å². The molecule has 2 aromatic rings. The number of likely N-dealkylation sites (N-methyl/N-ethyl adjacent to an activating group) is 1. The molecule has 1 spiro atoms. The largest absolute Gasteiger partial charge is 0.497 e. The fraction of sp³-hybridized carbons (Fsp3) is 0.429. The van der Waals surface area contributed by atoms with Crippen LogP contribution in [0.1, 0.15) is 30.9 Å². The van der Waals surface area contributed by atoms with E-state index in [9.17, 15) is 9.59 Å². The molecule has 186 valence electrons. The van der Waals surface area contributed by atoms with Gasteiger partial charge in [0, 0.05) is 46.0 Å². The zero-order valence-corrected chi connectivity index (χ0v) is 21.2. The monoisotopic (exact) mass is 476 g/mol. The third kappa shape index (κ3) is 5.05. The number of methoxy groups -OCH3 is 1. The second-order valence-corrected chi connectivity index (χ2v) is 9.49. The van der Waals surface area contributed by atoms with E-state index in [4.69, 9.17) is 4.74 Å². The first-order chi connectivity index (χ1) is 16.9. The van der Waals surface area contributed by atoms with Crippen LogP contribution in [0.15, 0.2) is 54.6 Å². The molecule has 2 aliphatic rings. The number of amides is 3. The van der Waals surface area contributed by atoms with Crippen LogP contribution in [0, 0.1) is 0 Å². The van der Waals surface area contributed by atoms with E-state index in [2.05, 4.69) is 46.2 Å². The van der Waals surface area contributed by atoms with E-state index < -0.39 is 5.54 Å². The van der Waals surface area contributed by atoms with Gasteiger partial charge in [0.1, 0.15) is 11.3 Å². The van der Waals surface area contributed by atoms with Gasteiger partial charge in [-0.3, -0.25) is 14.6 Å².